The third-order valence-corrected chi connectivity index (χ3v) is 11.9. The van der Waals surface area contributed by atoms with Crippen molar-refractivity contribution in [3.05, 3.63) is 72.8 Å². The SMILES string of the molecule is C=O.CC(C)(C)OC(=O)N[C@H]1CCCCC/C=C\[C@@H]2C[C@@]2(C(=O)NS(=O)C2CC2)NC(=O)[C@@H]2C[C@@H](Oc3nc(-c4ccccc4)cc4ccccc34)CN2C1=O. The summed E-state index contributed by atoms with van der Waals surface area (Å²) in [6, 6.07) is 17.6. The van der Waals surface area contributed by atoms with Gasteiger partial charge in [0.15, 0.2) is 0 Å². The molecule has 0 bridgehead atoms. The first-order chi connectivity index (χ1) is 26.9. The maximum Gasteiger partial charge on any atom is 0.408 e. The fourth-order valence-corrected chi connectivity index (χ4v) is 8.43. The summed E-state index contributed by atoms with van der Waals surface area (Å²) >= 11 is 0. The molecule has 3 aromatic rings. The highest BCUT2D eigenvalue weighted by Crippen LogP contribution is 2.46. The van der Waals surface area contributed by atoms with E-state index in [-0.39, 0.29) is 24.1 Å². The van der Waals surface area contributed by atoms with Crippen molar-refractivity contribution in [2.24, 2.45) is 5.92 Å². The van der Waals surface area contributed by atoms with Gasteiger partial charge in [-0.05, 0) is 76.8 Å². The zero-order valence-electron chi connectivity index (χ0n) is 32.2. The molecule has 2 saturated carbocycles. The minimum atomic E-state index is -1.54. The fourth-order valence-electron chi connectivity index (χ4n) is 7.33. The molecule has 4 amide bonds. The van der Waals surface area contributed by atoms with Gasteiger partial charge in [-0.25, -0.2) is 14.0 Å². The van der Waals surface area contributed by atoms with Crippen molar-refractivity contribution in [3.63, 3.8) is 0 Å². The highest BCUT2D eigenvalue weighted by atomic mass is 32.2. The lowest BCUT2D eigenvalue weighted by atomic mass is 10.0. The Balaban J connectivity index is 0.00000262. The Morgan fingerprint density at radius 1 is 1.00 bits per heavy atom. The number of hydrogen-bond acceptors (Lipinski definition) is 9. The minimum absolute atomic E-state index is 0.0449. The van der Waals surface area contributed by atoms with E-state index in [1.807, 2.05) is 79.6 Å². The van der Waals surface area contributed by atoms with Gasteiger partial charge in [0.1, 0.15) is 47.1 Å². The number of carbonyl (C=O) groups excluding carboxylic acids is 5. The van der Waals surface area contributed by atoms with Crippen LogP contribution >= 0.6 is 0 Å². The van der Waals surface area contributed by atoms with Gasteiger partial charge in [-0.15, -0.1) is 0 Å². The zero-order valence-corrected chi connectivity index (χ0v) is 33.0. The molecule has 13 nitrogen and oxygen atoms in total. The quantitative estimate of drug-likeness (QED) is 0.269. The predicted octanol–water partition coefficient (Wildman–Crippen LogP) is 5.30. The molecule has 1 saturated heterocycles. The summed E-state index contributed by atoms with van der Waals surface area (Å²) in [7, 11) is -1.54. The van der Waals surface area contributed by atoms with Gasteiger partial charge in [0, 0.05) is 23.3 Å². The average Bonchev–Trinajstić information content (AvgIpc) is 4.10. The van der Waals surface area contributed by atoms with Crippen LogP contribution in [0, 0.1) is 5.92 Å². The number of alkyl carbamates (subject to hydrolysis) is 1. The van der Waals surface area contributed by atoms with Gasteiger partial charge in [-0.3, -0.25) is 19.1 Å². The summed E-state index contributed by atoms with van der Waals surface area (Å²) in [6.07, 6.45) is 8.10. The monoisotopic (exact) mass is 785 g/mol. The number of carbonyl (C=O) groups is 5. The molecular formula is C42H51N5O8S. The number of nitrogens with zero attached hydrogens (tertiary/aromatic N) is 2. The first-order valence-corrected chi connectivity index (χ1v) is 20.5. The zero-order chi connectivity index (χ0) is 40.0. The van der Waals surface area contributed by atoms with E-state index in [9.17, 15) is 23.4 Å². The molecule has 3 heterocycles. The van der Waals surface area contributed by atoms with E-state index in [1.165, 1.54) is 4.90 Å². The summed E-state index contributed by atoms with van der Waals surface area (Å²) in [4.78, 5) is 70.2. The standard InChI is InChI=1S/C41H49N5O7S.CH2O/c1-40(2,3)53-39(50)43-32-19-11-6-4-5-10-17-28-24-41(28,38(49)45-54(51)30-20-21-30)44-35(47)34-23-29(25-46(34)37(32)48)52-36-31-18-13-12-16-27(31)22-33(42-36)26-14-8-7-9-15-26;1-2/h7-10,12-18,22,28-30,32,34H,4-6,11,19-21,23-25H2,1-3H3,(H,43,50)(H,44,47)(H,45,49);1H2/b17-10-;/t28-,29-,32+,34+,41-,54?;/m1./s1. The Morgan fingerprint density at radius 3 is 2.46 bits per heavy atom. The smallest absolute Gasteiger partial charge is 0.408 e. The molecular weight excluding hydrogens is 735 g/mol. The van der Waals surface area contributed by atoms with Gasteiger partial charge >= 0.3 is 6.09 Å². The molecule has 2 aliphatic heterocycles. The Kier molecular flexibility index (Phi) is 12.6. The molecule has 2 aliphatic carbocycles. The van der Waals surface area contributed by atoms with Gasteiger partial charge in [-0.1, -0.05) is 73.5 Å². The molecule has 3 fully saturated rings. The van der Waals surface area contributed by atoms with Crippen molar-refractivity contribution in [2.45, 2.75) is 113 Å². The molecule has 3 N–H and O–H groups in total. The van der Waals surface area contributed by atoms with Crippen LogP contribution < -0.4 is 20.1 Å². The van der Waals surface area contributed by atoms with Gasteiger partial charge in [0.2, 0.25) is 17.7 Å². The van der Waals surface area contributed by atoms with Crippen LogP contribution in [0.15, 0.2) is 72.8 Å². The van der Waals surface area contributed by atoms with Crippen LogP contribution in [0.3, 0.4) is 0 Å². The number of amides is 4. The molecule has 2 aromatic carbocycles. The summed E-state index contributed by atoms with van der Waals surface area (Å²) in [5.74, 6) is -1.34. The Labute approximate surface area is 329 Å². The number of nitrogens with one attached hydrogen (secondary N) is 3. The van der Waals surface area contributed by atoms with Crippen LogP contribution in [-0.2, 0) is 34.9 Å². The van der Waals surface area contributed by atoms with Crippen LogP contribution in [0.4, 0.5) is 4.79 Å². The highest BCUT2D eigenvalue weighted by molar-refractivity contribution is 7.84. The van der Waals surface area contributed by atoms with E-state index in [4.69, 9.17) is 19.3 Å². The lowest BCUT2D eigenvalue weighted by molar-refractivity contribution is -0.141. The Hall–Kier alpha value is -5.11. The number of fused-ring (bicyclic) bond motifs is 3. The second-order valence-electron chi connectivity index (χ2n) is 15.8. The normalized spacial score (nSPS) is 26.4. The van der Waals surface area contributed by atoms with Crippen LogP contribution in [0.2, 0.25) is 0 Å². The first kappa shape index (κ1) is 40.6. The fraction of sp³-hybridized carbons (Fsp3) is 0.476. The first-order valence-electron chi connectivity index (χ1n) is 19.3. The van der Waals surface area contributed by atoms with Gasteiger partial charge in [0.05, 0.1) is 17.5 Å². The van der Waals surface area contributed by atoms with Crippen LogP contribution in [-0.4, -0.2) is 85.8 Å². The van der Waals surface area contributed by atoms with Crippen LogP contribution in [0.5, 0.6) is 5.88 Å². The lowest BCUT2D eigenvalue weighted by Gasteiger charge is -2.30. The summed E-state index contributed by atoms with van der Waals surface area (Å²) in [5, 5.41) is 7.44. The van der Waals surface area contributed by atoms with Gasteiger partial charge < -0.3 is 29.8 Å². The third-order valence-electron chi connectivity index (χ3n) is 10.4. The summed E-state index contributed by atoms with van der Waals surface area (Å²) in [6.45, 7) is 7.30. The molecule has 0 spiro atoms. The molecule has 14 heteroatoms. The second-order valence-corrected chi connectivity index (χ2v) is 17.3. The molecule has 1 unspecified atom stereocenters. The number of rotatable bonds is 7. The van der Waals surface area contributed by atoms with Gasteiger partial charge in [0.25, 0.3) is 5.91 Å². The molecule has 6 atom stereocenters. The second kappa shape index (κ2) is 17.4. The number of aromatic nitrogens is 1. The maximum atomic E-state index is 14.6. The van der Waals surface area contributed by atoms with Crippen molar-refractivity contribution >= 4 is 52.4 Å². The van der Waals surface area contributed by atoms with Crippen molar-refractivity contribution in [1.29, 1.82) is 0 Å². The number of benzene rings is 2. The van der Waals surface area contributed by atoms with E-state index in [0.717, 1.165) is 54.1 Å². The predicted molar refractivity (Wildman–Crippen MR) is 213 cm³/mol. The largest absolute Gasteiger partial charge is 0.472 e. The molecule has 4 aliphatic rings. The molecule has 56 heavy (non-hydrogen) atoms. The van der Waals surface area contributed by atoms with Gasteiger partial charge in [-0.2, -0.15) is 0 Å². The number of allylic oxidation sites excluding steroid dienone is 1. The minimum Gasteiger partial charge on any atom is -0.472 e. The van der Waals surface area contributed by atoms with Crippen molar-refractivity contribution < 1.29 is 37.7 Å². The number of hydrogen-bond donors (Lipinski definition) is 3. The van der Waals surface area contributed by atoms with Crippen LogP contribution in [0.1, 0.15) is 78.6 Å². The van der Waals surface area contributed by atoms with E-state index in [2.05, 4.69) is 15.4 Å². The van der Waals surface area contributed by atoms with Crippen molar-refractivity contribution in [3.8, 4) is 17.1 Å². The third kappa shape index (κ3) is 9.63. The van der Waals surface area contributed by atoms with E-state index < -0.39 is 64.1 Å². The molecule has 1 aromatic heterocycles. The highest BCUT2D eigenvalue weighted by Gasteiger charge is 2.61. The Bertz CT molecular complexity index is 1980. The van der Waals surface area contributed by atoms with Crippen molar-refractivity contribution in [1.82, 2.24) is 25.2 Å². The number of pyridine rings is 1. The van der Waals surface area contributed by atoms with Crippen molar-refractivity contribution in [2.75, 3.05) is 6.54 Å². The summed E-state index contributed by atoms with van der Waals surface area (Å²) < 4.78 is 27.6. The van der Waals surface area contributed by atoms with E-state index in [1.54, 1.807) is 20.8 Å². The molecule has 0 radical (unpaired) electrons. The maximum absolute atomic E-state index is 14.6. The topological polar surface area (TPSA) is 173 Å². The number of ether oxygens (including phenoxy) is 2. The average molecular weight is 786 g/mol. The summed E-state index contributed by atoms with van der Waals surface area (Å²) in [5.41, 5.74) is -0.437. The lowest BCUT2D eigenvalue weighted by Crippen LogP contribution is -2.58. The van der Waals surface area contributed by atoms with E-state index in [0.29, 0.717) is 25.1 Å². The Morgan fingerprint density at radius 2 is 1.73 bits per heavy atom. The van der Waals surface area contributed by atoms with Crippen LogP contribution in [0.25, 0.3) is 22.0 Å². The van der Waals surface area contributed by atoms with E-state index >= 15 is 0 Å². The molecule has 7 rings (SSSR count). The molecule has 298 valence electrons.